The molecule has 3 aromatic rings. The number of ether oxygens (including phenoxy) is 1. The second kappa shape index (κ2) is 11.1. The molecule has 0 aliphatic heterocycles. The first kappa shape index (κ1) is 26.5. The lowest BCUT2D eigenvalue weighted by Gasteiger charge is -2.36. The van der Waals surface area contributed by atoms with Gasteiger partial charge >= 0.3 is 0 Å². The van der Waals surface area contributed by atoms with E-state index in [9.17, 15) is 5.11 Å². The fourth-order valence-electron chi connectivity index (χ4n) is 4.66. The molecule has 0 bridgehead atoms. The van der Waals surface area contributed by atoms with E-state index in [1.165, 1.54) is 33.1 Å². The van der Waals surface area contributed by atoms with E-state index in [2.05, 4.69) is 103 Å². The van der Waals surface area contributed by atoms with Gasteiger partial charge in [-0.15, -0.1) is 0 Å². The summed E-state index contributed by atoms with van der Waals surface area (Å²) in [6.45, 7) is 16.4. The van der Waals surface area contributed by atoms with Gasteiger partial charge in [0.15, 0.2) is 0 Å². The standard InChI is InChI=1S/C31H41O2P/c1-8-16-31(7,34-28-15-14-22(2)17-25(28)20-32)27-19-23(3)18-26(30(4,5)6)29(27)33-21-24-12-10-9-11-13-24/h9-15,17-19,32,34H,8,16,20-21H2,1-7H3. The molecule has 0 amide bonds. The Labute approximate surface area is 208 Å². The molecular weight excluding hydrogens is 435 g/mol. The van der Waals surface area contributed by atoms with Crippen LogP contribution in [0, 0.1) is 13.8 Å². The van der Waals surface area contributed by atoms with Crippen LogP contribution in [0.3, 0.4) is 0 Å². The van der Waals surface area contributed by atoms with Crippen molar-refractivity contribution in [1.29, 1.82) is 0 Å². The van der Waals surface area contributed by atoms with Crippen molar-refractivity contribution in [1.82, 2.24) is 0 Å². The molecule has 0 heterocycles. The van der Waals surface area contributed by atoms with E-state index in [1.54, 1.807) is 0 Å². The summed E-state index contributed by atoms with van der Waals surface area (Å²) in [7, 11) is 0.538. The van der Waals surface area contributed by atoms with Gasteiger partial charge in [-0.2, -0.15) is 0 Å². The lowest BCUT2D eigenvalue weighted by molar-refractivity contribution is 0.283. The summed E-state index contributed by atoms with van der Waals surface area (Å²) < 4.78 is 6.70. The summed E-state index contributed by atoms with van der Waals surface area (Å²) in [5.74, 6) is 1.03. The molecule has 0 radical (unpaired) electrons. The van der Waals surface area contributed by atoms with Crippen LogP contribution in [-0.2, 0) is 23.8 Å². The van der Waals surface area contributed by atoms with E-state index in [0.717, 1.165) is 24.2 Å². The minimum atomic E-state index is -0.0913. The topological polar surface area (TPSA) is 29.5 Å². The minimum absolute atomic E-state index is 0.0385. The number of hydrogen-bond acceptors (Lipinski definition) is 2. The van der Waals surface area contributed by atoms with Crippen molar-refractivity contribution in [3.63, 3.8) is 0 Å². The Morgan fingerprint density at radius 1 is 0.853 bits per heavy atom. The number of aryl methyl sites for hydroxylation is 2. The summed E-state index contributed by atoms with van der Waals surface area (Å²) in [5.41, 5.74) is 7.18. The van der Waals surface area contributed by atoms with Gasteiger partial charge in [-0.05, 0) is 42.1 Å². The predicted octanol–water partition coefficient (Wildman–Crippen LogP) is 7.69. The highest BCUT2D eigenvalue weighted by atomic mass is 31.1. The molecule has 2 atom stereocenters. The highest BCUT2D eigenvalue weighted by molar-refractivity contribution is 7.48. The quantitative estimate of drug-likeness (QED) is 0.321. The van der Waals surface area contributed by atoms with E-state index in [0.29, 0.717) is 15.2 Å². The molecule has 0 aliphatic rings. The van der Waals surface area contributed by atoms with Crippen LogP contribution in [0.15, 0.2) is 60.7 Å². The zero-order chi connectivity index (χ0) is 24.9. The van der Waals surface area contributed by atoms with E-state index < -0.39 is 0 Å². The fraction of sp³-hybridized carbons (Fsp3) is 0.419. The van der Waals surface area contributed by atoms with Gasteiger partial charge in [0, 0.05) is 16.3 Å². The molecule has 3 aromatic carbocycles. The molecule has 34 heavy (non-hydrogen) atoms. The van der Waals surface area contributed by atoms with Gasteiger partial charge in [-0.1, -0.05) is 121 Å². The van der Waals surface area contributed by atoms with Crippen molar-refractivity contribution < 1.29 is 9.84 Å². The van der Waals surface area contributed by atoms with Crippen molar-refractivity contribution in [3.8, 4) is 5.75 Å². The van der Waals surface area contributed by atoms with Crippen LogP contribution < -0.4 is 10.0 Å². The third-order valence-electron chi connectivity index (χ3n) is 6.45. The summed E-state index contributed by atoms with van der Waals surface area (Å²) in [4.78, 5) is 0. The van der Waals surface area contributed by atoms with Crippen LogP contribution in [0.2, 0.25) is 0 Å². The average Bonchev–Trinajstić information content (AvgIpc) is 2.79. The molecule has 0 aliphatic carbocycles. The molecule has 0 saturated carbocycles. The highest BCUT2D eigenvalue weighted by Crippen LogP contribution is 2.51. The first-order valence-electron chi connectivity index (χ1n) is 12.4. The van der Waals surface area contributed by atoms with Crippen LogP contribution in [0.5, 0.6) is 5.75 Å². The molecule has 3 heteroatoms. The summed E-state index contributed by atoms with van der Waals surface area (Å²) in [5, 5.41) is 11.2. The lowest BCUT2D eigenvalue weighted by Crippen LogP contribution is -2.24. The van der Waals surface area contributed by atoms with E-state index in [4.69, 9.17) is 4.74 Å². The predicted molar refractivity (Wildman–Crippen MR) is 148 cm³/mol. The molecule has 0 fully saturated rings. The highest BCUT2D eigenvalue weighted by Gasteiger charge is 2.34. The number of aliphatic hydroxyl groups excluding tert-OH is 1. The second-order valence-corrected chi connectivity index (χ2v) is 12.6. The van der Waals surface area contributed by atoms with E-state index in [1.807, 2.05) is 6.07 Å². The van der Waals surface area contributed by atoms with Crippen LogP contribution in [-0.4, -0.2) is 5.11 Å². The molecule has 3 rings (SSSR count). The van der Waals surface area contributed by atoms with E-state index in [-0.39, 0.29) is 17.2 Å². The van der Waals surface area contributed by atoms with Gasteiger partial charge in [0.1, 0.15) is 12.4 Å². The third-order valence-corrected chi connectivity index (χ3v) is 8.28. The van der Waals surface area contributed by atoms with Crippen LogP contribution in [0.1, 0.15) is 80.8 Å². The Bertz CT molecular complexity index is 1100. The fourth-order valence-corrected chi connectivity index (χ4v) is 6.43. The van der Waals surface area contributed by atoms with Crippen molar-refractivity contribution in [2.45, 2.75) is 85.1 Å². The van der Waals surface area contributed by atoms with Crippen molar-refractivity contribution in [2.24, 2.45) is 0 Å². The largest absolute Gasteiger partial charge is 0.488 e. The molecule has 0 saturated heterocycles. The van der Waals surface area contributed by atoms with Gasteiger partial charge in [0.2, 0.25) is 0 Å². The Morgan fingerprint density at radius 3 is 2.15 bits per heavy atom. The van der Waals surface area contributed by atoms with Crippen molar-refractivity contribution in [2.75, 3.05) is 0 Å². The number of benzene rings is 3. The Morgan fingerprint density at radius 2 is 1.53 bits per heavy atom. The van der Waals surface area contributed by atoms with Gasteiger partial charge in [-0.25, -0.2) is 0 Å². The number of aliphatic hydroxyl groups is 1. The Kier molecular flexibility index (Phi) is 8.61. The number of rotatable bonds is 9. The first-order chi connectivity index (χ1) is 16.1. The molecule has 0 aromatic heterocycles. The maximum Gasteiger partial charge on any atom is 0.127 e. The third kappa shape index (κ3) is 6.29. The molecule has 2 nitrogen and oxygen atoms in total. The zero-order valence-corrected chi connectivity index (χ0v) is 23.0. The second-order valence-electron chi connectivity index (χ2n) is 10.7. The average molecular weight is 477 g/mol. The van der Waals surface area contributed by atoms with Crippen LogP contribution >= 0.6 is 8.58 Å². The van der Waals surface area contributed by atoms with Crippen molar-refractivity contribution in [3.05, 3.63) is 94.0 Å². The zero-order valence-electron chi connectivity index (χ0n) is 22.0. The molecule has 1 N–H and O–H groups in total. The van der Waals surface area contributed by atoms with Crippen LogP contribution in [0.4, 0.5) is 0 Å². The SMILES string of the molecule is CCCC(C)(Pc1ccc(C)cc1CO)c1cc(C)cc(C(C)(C)C)c1OCc1ccccc1. The van der Waals surface area contributed by atoms with Gasteiger partial charge in [0.25, 0.3) is 0 Å². The summed E-state index contributed by atoms with van der Waals surface area (Å²) in [6.07, 6.45) is 2.14. The monoisotopic (exact) mass is 476 g/mol. The van der Waals surface area contributed by atoms with Gasteiger partial charge in [0.05, 0.1) is 6.61 Å². The lowest BCUT2D eigenvalue weighted by atomic mass is 9.81. The van der Waals surface area contributed by atoms with Gasteiger partial charge in [-0.3, -0.25) is 0 Å². The first-order valence-corrected chi connectivity index (χ1v) is 13.4. The van der Waals surface area contributed by atoms with Crippen LogP contribution in [0.25, 0.3) is 0 Å². The maximum absolute atomic E-state index is 10.1. The van der Waals surface area contributed by atoms with Crippen molar-refractivity contribution >= 4 is 13.9 Å². The molecule has 2 unspecified atom stereocenters. The summed E-state index contributed by atoms with van der Waals surface area (Å²) in [6, 6.07) is 21.5. The number of hydrogen-bond donors (Lipinski definition) is 1. The van der Waals surface area contributed by atoms with Gasteiger partial charge < -0.3 is 9.84 Å². The Hall–Kier alpha value is -2.15. The Balaban J connectivity index is 2.15. The molecule has 182 valence electrons. The maximum atomic E-state index is 10.1. The smallest absolute Gasteiger partial charge is 0.127 e. The van der Waals surface area contributed by atoms with E-state index >= 15 is 0 Å². The minimum Gasteiger partial charge on any atom is -0.488 e. The summed E-state index contributed by atoms with van der Waals surface area (Å²) >= 11 is 0. The molecular formula is C31H41O2P. The molecule has 0 spiro atoms. The normalized spacial score (nSPS) is 13.9.